The Labute approximate surface area is 117 Å². The van der Waals surface area contributed by atoms with Crippen molar-refractivity contribution in [3.63, 3.8) is 0 Å². The molecule has 0 spiro atoms. The largest absolute Gasteiger partial charge is 0.494 e. The summed E-state index contributed by atoms with van der Waals surface area (Å²) in [6, 6.07) is 2.83. The summed E-state index contributed by atoms with van der Waals surface area (Å²) in [5, 5.41) is 36.9. The molecule has 0 fully saturated rings. The van der Waals surface area contributed by atoms with Crippen LogP contribution in [-0.4, -0.2) is 30.4 Å². The van der Waals surface area contributed by atoms with Crippen molar-refractivity contribution in [1.29, 1.82) is 0 Å². The lowest BCUT2D eigenvalue weighted by molar-refractivity contribution is 0.420. The molecule has 0 saturated heterocycles. The van der Waals surface area contributed by atoms with Crippen molar-refractivity contribution in [1.82, 2.24) is 9.97 Å². The highest BCUT2D eigenvalue weighted by molar-refractivity contribution is 9.26. The van der Waals surface area contributed by atoms with Gasteiger partial charge in [0, 0.05) is 12.1 Å². The smallest absolute Gasteiger partial charge is 0.206 e. The Morgan fingerprint density at radius 1 is 0.722 bits per heavy atom. The van der Waals surface area contributed by atoms with Gasteiger partial charge in [0.2, 0.25) is 11.8 Å². The molecule has 0 atom stereocenters. The summed E-state index contributed by atoms with van der Waals surface area (Å²) >= 11 is 0. The van der Waals surface area contributed by atoms with E-state index >= 15 is 0 Å². The molecule has 18 heavy (non-hydrogen) atoms. The van der Waals surface area contributed by atoms with Crippen LogP contribution in [0.2, 0.25) is 0 Å². The molecular weight excluding hydrogens is 316 g/mol. The van der Waals surface area contributed by atoms with Crippen LogP contribution in [0.4, 0.5) is 0 Å². The van der Waals surface area contributed by atoms with Gasteiger partial charge in [0.15, 0.2) is 11.8 Å². The predicted molar refractivity (Wildman–Crippen MR) is 75.1 cm³/mol. The zero-order valence-corrected chi connectivity index (χ0v) is 11.8. The van der Waals surface area contributed by atoms with Crippen molar-refractivity contribution in [2.45, 2.75) is 9.79 Å². The van der Waals surface area contributed by atoms with Crippen LogP contribution in [0.25, 0.3) is 0 Å². The van der Waals surface area contributed by atoms with Gasteiger partial charge >= 0.3 is 0 Å². The molecule has 0 radical (unpaired) electrons. The fraction of sp³-hybridized carbons (Fsp3) is 0. The minimum atomic E-state index is -0.0959. The molecule has 0 unspecified atom stereocenters. The van der Waals surface area contributed by atoms with E-state index in [2.05, 4.69) is 9.97 Å². The van der Waals surface area contributed by atoms with Crippen molar-refractivity contribution >= 4 is 41.2 Å². The van der Waals surface area contributed by atoms with Crippen LogP contribution in [0.3, 0.4) is 0 Å². The SMILES string of the molecule is Oc1cc(SSSSc2cc(O)[nH]c2O)c(O)[nH]1. The summed E-state index contributed by atoms with van der Waals surface area (Å²) in [6.07, 6.45) is 0. The molecule has 2 aromatic rings. The third-order valence-electron chi connectivity index (χ3n) is 1.77. The summed E-state index contributed by atoms with van der Waals surface area (Å²) < 4.78 is 0. The van der Waals surface area contributed by atoms with Crippen molar-refractivity contribution in [3.05, 3.63) is 12.1 Å². The van der Waals surface area contributed by atoms with Crippen LogP contribution in [0.15, 0.2) is 21.9 Å². The predicted octanol–water partition coefficient (Wildman–Crippen LogP) is 3.26. The fourth-order valence-corrected chi connectivity index (χ4v) is 6.52. The van der Waals surface area contributed by atoms with Gasteiger partial charge in [0.25, 0.3) is 0 Å². The normalized spacial score (nSPS) is 10.9. The molecule has 0 amide bonds. The molecule has 6 N–H and O–H groups in total. The van der Waals surface area contributed by atoms with Crippen LogP contribution >= 0.6 is 41.2 Å². The number of H-pyrrole nitrogens is 2. The van der Waals surface area contributed by atoms with Crippen molar-refractivity contribution in [2.75, 3.05) is 0 Å². The quantitative estimate of drug-likeness (QED) is 0.367. The maximum absolute atomic E-state index is 9.35. The summed E-state index contributed by atoms with van der Waals surface area (Å²) in [5.41, 5.74) is 0. The Morgan fingerprint density at radius 3 is 1.39 bits per heavy atom. The van der Waals surface area contributed by atoms with E-state index in [1.54, 1.807) is 0 Å². The van der Waals surface area contributed by atoms with E-state index in [-0.39, 0.29) is 23.5 Å². The lowest BCUT2D eigenvalue weighted by Crippen LogP contribution is -1.62. The first-order valence-electron chi connectivity index (χ1n) is 4.46. The first-order valence-corrected chi connectivity index (χ1v) is 9.27. The Kier molecular flexibility index (Phi) is 4.43. The van der Waals surface area contributed by atoms with Crippen LogP contribution in [-0.2, 0) is 0 Å². The van der Waals surface area contributed by atoms with Gasteiger partial charge < -0.3 is 20.4 Å². The number of hydrogen-bond donors (Lipinski definition) is 6. The average molecular weight is 324 g/mol. The molecule has 0 aliphatic rings. The summed E-state index contributed by atoms with van der Waals surface area (Å²) in [7, 11) is 5.22. The molecule has 0 aliphatic carbocycles. The maximum Gasteiger partial charge on any atom is 0.206 e. The topological polar surface area (TPSA) is 112 Å². The van der Waals surface area contributed by atoms with Gasteiger partial charge in [-0.25, -0.2) is 0 Å². The summed E-state index contributed by atoms with van der Waals surface area (Å²) in [6.45, 7) is 0. The summed E-state index contributed by atoms with van der Waals surface area (Å²) in [4.78, 5) is 5.76. The molecule has 6 nitrogen and oxygen atoms in total. The van der Waals surface area contributed by atoms with E-state index in [1.165, 1.54) is 53.4 Å². The second-order valence-electron chi connectivity index (χ2n) is 3.04. The van der Waals surface area contributed by atoms with Crippen LogP contribution in [0, 0.1) is 0 Å². The van der Waals surface area contributed by atoms with E-state index in [9.17, 15) is 10.2 Å². The Bertz CT molecular complexity index is 493. The highest BCUT2D eigenvalue weighted by Gasteiger charge is 2.10. The van der Waals surface area contributed by atoms with Crippen molar-refractivity contribution < 1.29 is 20.4 Å². The minimum Gasteiger partial charge on any atom is -0.494 e. The van der Waals surface area contributed by atoms with Gasteiger partial charge in [0.05, 0.1) is 9.79 Å². The molecule has 0 aliphatic heterocycles. The fourth-order valence-electron chi connectivity index (χ4n) is 1.05. The minimum absolute atomic E-state index is 0.0854. The molecule has 10 heteroatoms. The van der Waals surface area contributed by atoms with Crippen LogP contribution in [0.5, 0.6) is 23.5 Å². The Hall–Kier alpha value is -0.840. The van der Waals surface area contributed by atoms with Crippen LogP contribution in [0.1, 0.15) is 0 Å². The lowest BCUT2D eigenvalue weighted by Gasteiger charge is -1.97. The number of rotatable bonds is 5. The third-order valence-corrected chi connectivity index (χ3v) is 7.82. The zero-order chi connectivity index (χ0) is 13.1. The van der Waals surface area contributed by atoms with Crippen molar-refractivity contribution in [2.24, 2.45) is 0 Å². The van der Waals surface area contributed by atoms with Gasteiger partial charge in [-0.15, -0.1) is 0 Å². The second kappa shape index (κ2) is 5.87. The van der Waals surface area contributed by atoms with E-state index in [0.29, 0.717) is 9.79 Å². The lowest BCUT2D eigenvalue weighted by atomic mass is 10.6. The van der Waals surface area contributed by atoms with E-state index in [0.717, 1.165) is 0 Å². The standard InChI is InChI=1S/C8H8N2O4S4/c11-5-1-3(7(13)9-5)15-17-18-16-4-2-6(12)10-8(4)14/h1-2,9-14H. The second-order valence-corrected chi connectivity index (χ2v) is 8.79. The monoisotopic (exact) mass is 324 g/mol. The number of aromatic nitrogens is 2. The van der Waals surface area contributed by atoms with Gasteiger partial charge in [0.1, 0.15) is 0 Å². The van der Waals surface area contributed by atoms with Gasteiger partial charge in [-0.3, -0.25) is 9.97 Å². The summed E-state index contributed by atoms with van der Waals surface area (Å²) in [5.74, 6) is -0.363. The first kappa shape index (κ1) is 13.6. The molecular formula is C8H8N2O4S4. The maximum atomic E-state index is 9.35. The zero-order valence-electron chi connectivity index (χ0n) is 8.58. The van der Waals surface area contributed by atoms with E-state index in [4.69, 9.17) is 10.2 Å². The Balaban J connectivity index is 1.79. The van der Waals surface area contributed by atoms with Crippen molar-refractivity contribution in [3.8, 4) is 23.5 Å². The highest BCUT2D eigenvalue weighted by atomic mass is 33.7. The molecule has 2 rings (SSSR count). The molecule has 2 aromatic heterocycles. The number of aromatic amines is 2. The highest BCUT2D eigenvalue weighted by Crippen LogP contribution is 2.53. The number of aromatic hydroxyl groups is 4. The average Bonchev–Trinajstić information content (AvgIpc) is 2.77. The van der Waals surface area contributed by atoms with Gasteiger partial charge in [-0.1, -0.05) is 0 Å². The number of nitrogens with one attached hydrogen (secondary N) is 2. The molecule has 0 aromatic carbocycles. The molecule has 0 bridgehead atoms. The van der Waals surface area contributed by atoms with E-state index < -0.39 is 0 Å². The van der Waals surface area contributed by atoms with Gasteiger partial charge in [-0.05, 0) is 41.2 Å². The van der Waals surface area contributed by atoms with Gasteiger partial charge in [-0.2, -0.15) is 0 Å². The Morgan fingerprint density at radius 2 is 1.11 bits per heavy atom. The third kappa shape index (κ3) is 3.34. The first-order chi connectivity index (χ1) is 8.56. The molecule has 0 saturated carbocycles. The van der Waals surface area contributed by atoms with Crippen LogP contribution < -0.4 is 0 Å². The van der Waals surface area contributed by atoms with E-state index in [1.807, 2.05) is 0 Å². The molecule has 98 valence electrons. The molecule has 2 heterocycles. The number of hydrogen-bond acceptors (Lipinski definition) is 8.